The second-order valence-electron chi connectivity index (χ2n) is 15.1. The summed E-state index contributed by atoms with van der Waals surface area (Å²) in [5.41, 5.74) is 14.4. The molecule has 0 fully saturated rings. The van der Waals surface area contributed by atoms with Gasteiger partial charge < -0.3 is 4.57 Å². The number of aromatic nitrogens is 4. The topological polar surface area (TPSA) is 35.6 Å². The number of hydrogen-bond donors (Lipinski definition) is 0. The van der Waals surface area contributed by atoms with Gasteiger partial charge in [-0.1, -0.05) is 147 Å². The highest BCUT2D eigenvalue weighted by atomic mass is 15.2. The molecule has 4 heteroatoms. The summed E-state index contributed by atoms with van der Waals surface area (Å²) in [5.74, 6) is 0.683. The average Bonchev–Trinajstić information content (AvgIpc) is 3.87. The lowest BCUT2D eigenvalue weighted by atomic mass is 9.90. The molecule has 1 aliphatic carbocycles. The number of allylic oxidation sites excluding steroid dienone is 1. The summed E-state index contributed by atoms with van der Waals surface area (Å²) in [5, 5.41) is 4.84. The molecule has 0 bridgehead atoms. The number of nitrogens with zero attached hydrogens (tertiary/aromatic N) is 4. The first kappa shape index (κ1) is 31.5. The maximum absolute atomic E-state index is 5.48. The van der Waals surface area contributed by atoms with E-state index in [-0.39, 0.29) is 5.41 Å². The third kappa shape index (κ3) is 4.85. The van der Waals surface area contributed by atoms with Gasteiger partial charge in [0.25, 0.3) is 0 Å². The molecule has 0 spiro atoms. The second kappa shape index (κ2) is 12.0. The minimum atomic E-state index is -0.238. The van der Waals surface area contributed by atoms with Crippen LogP contribution in [0.25, 0.3) is 94.8 Å². The van der Waals surface area contributed by atoms with Crippen molar-refractivity contribution < 1.29 is 0 Å². The van der Waals surface area contributed by atoms with Crippen molar-refractivity contribution in [1.82, 2.24) is 19.1 Å². The van der Waals surface area contributed by atoms with Gasteiger partial charge in [0.05, 0.1) is 33.5 Å². The molecular formula is C51H36N4. The molecule has 0 aliphatic heterocycles. The first-order valence-corrected chi connectivity index (χ1v) is 18.9. The van der Waals surface area contributed by atoms with Crippen molar-refractivity contribution in [3.63, 3.8) is 0 Å². The Hall–Kier alpha value is -7.04. The summed E-state index contributed by atoms with van der Waals surface area (Å²) in [4.78, 5) is 10.9. The number of benzene rings is 7. The van der Waals surface area contributed by atoms with E-state index < -0.39 is 0 Å². The van der Waals surface area contributed by atoms with E-state index in [0.29, 0.717) is 5.95 Å². The minimum absolute atomic E-state index is 0.238. The number of rotatable bonds is 5. The Labute approximate surface area is 319 Å². The van der Waals surface area contributed by atoms with Crippen LogP contribution in [0.2, 0.25) is 0 Å². The highest BCUT2D eigenvalue weighted by molar-refractivity contribution is 6.12. The van der Waals surface area contributed by atoms with E-state index in [1.54, 1.807) is 0 Å². The van der Waals surface area contributed by atoms with Gasteiger partial charge >= 0.3 is 0 Å². The van der Waals surface area contributed by atoms with E-state index in [1.165, 1.54) is 49.3 Å². The van der Waals surface area contributed by atoms with Gasteiger partial charge in [-0.05, 0) is 70.8 Å². The summed E-state index contributed by atoms with van der Waals surface area (Å²) in [7, 11) is 0. The summed E-state index contributed by atoms with van der Waals surface area (Å²) in [6.07, 6.45) is 4.47. The van der Waals surface area contributed by atoms with Crippen molar-refractivity contribution in [2.45, 2.75) is 19.3 Å². The maximum Gasteiger partial charge on any atom is 0.235 e. The molecule has 0 amide bonds. The van der Waals surface area contributed by atoms with Crippen molar-refractivity contribution in [3.05, 3.63) is 187 Å². The Bertz CT molecular complexity index is 3160. The van der Waals surface area contributed by atoms with E-state index in [0.717, 1.165) is 44.8 Å². The van der Waals surface area contributed by atoms with Crippen LogP contribution in [0.3, 0.4) is 0 Å². The average molecular weight is 705 g/mol. The fourth-order valence-electron chi connectivity index (χ4n) is 8.72. The van der Waals surface area contributed by atoms with Crippen LogP contribution in [0.5, 0.6) is 0 Å². The van der Waals surface area contributed by atoms with E-state index >= 15 is 0 Å². The normalized spacial score (nSPS) is 13.3. The molecule has 3 aromatic heterocycles. The molecule has 0 radical (unpaired) electrons. The predicted molar refractivity (Wildman–Crippen MR) is 229 cm³/mol. The standard InChI is InChI=1S/C51H36N4/c1-51(2)30-29-41-48(40-22-10-9-19-37(40)33-15-5-3-6-16-33)52-50(53-49(41)51)55-45-24-14-12-21-39(45)43-32-35(26-28-47(43)55)34-25-27-46-42(31-34)38-20-11-13-23-44(38)54(46)36-17-7-4-8-18-36/h3-32H,1-2H3. The molecule has 3 heterocycles. The zero-order valence-corrected chi connectivity index (χ0v) is 30.6. The molecule has 7 aromatic carbocycles. The minimum Gasteiger partial charge on any atom is -0.309 e. The van der Waals surface area contributed by atoms with E-state index in [4.69, 9.17) is 9.97 Å². The molecule has 11 rings (SSSR count). The van der Waals surface area contributed by atoms with Gasteiger partial charge in [-0.2, -0.15) is 0 Å². The Balaban J connectivity index is 1.11. The monoisotopic (exact) mass is 704 g/mol. The number of para-hydroxylation sites is 3. The van der Waals surface area contributed by atoms with Gasteiger partial charge in [-0.15, -0.1) is 0 Å². The van der Waals surface area contributed by atoms with Crippen LogP contribution in [0.15, 0.2) is 176 Å². The summed E-state index contributed by atoms with van der Waals surface area (Å²) >= 11 is 0. The molecule has 260 valence electrons. The van der Waals surface area contributed by atoms with Crippen LogP contribution < -0.4 is 0 Å². The highest BCUT2D eigenvalue weighted by Gasteiger charge is 2.32. The molecule has 0 N–H and O–H groups in total. The van der Waals surface area contributed by atoms with Crippen molar-refractivity contribution in [3.8, 4) is 45.1 Å². The van der Waals surface area contributed by atoms with Crippen LogP contribution in [0.1, 0.15) is 25.1 Å². The zero-order chi connectivity index (χ0) is 36.7. The Morgan fingerprint density at radius 2 is 0.964 bits per heavy atom. The Kier molecular flexibility index (Phi) is 6.86. The second-order valence-corrected chi connectivity index (χ2v) is 15.1. The van der Waals surface area contributed by atoms with Gasteiger partial charge in [-0.3, -0.25) is 4.57 Å². The number of hydrogen-bond acceptors (Lipinski definition) is 2. The van der Waals surface area contributed by atoms with Gasteiger partial charge in [0, 0.05) is 43.8 Å². The summed E-state index contributed by atoms with van der Waals surface area (Å²) in [6.45, 7) is 4.48. The van der Waals surface area contributed by atoms with Crippen LogP contribution in [0.4, 0.5) is 0 Å². The zero-order valence-electron chi connectivity index (χ0n) is 30.6. The lowest BCUT2D eigenvalue weighted by Crippen LogP contribution is -2.17. The largest absolute Gasteiger partial charge is 0.309 e. The lowest BCUT2D eigenvalue weighted by molar-refractivity contribution is 0.651. The van der Waals surface area contributed by atoms with Crippen LogP contribution in [-0.4, -0.2) is 19.1 Å². The molecule has 1 aliphatic rings. The SMILES string of the molecule is CC1(C)C=Cc2c(-c3ccccc3-c3ccccc3)nc(-n3c4ccccc4c4cc(-c5ccc6c(c5)c5ccccc5n6-c5ccccc5)ccc43)nc21. The van der Waals surface area contributed by atoms with Gasteiger partial charge in [0.15, 0.2) is 0 Å². The number of fused-ring (bicyclic) bond motifs is 7. The third-order valence-corrected chi connectivity index (χ3v) is 11.4. The van der Waals surface area contributed by atoms with Crippen molar-refractivity contribution in [1.29, 1.82) is 0 Å². The smallest absolute Gasteiger partial charge is 0.235 e. The van der Waals surface area contributed by atoms with Gasteiger partial charge in [-0.25, -0.2) is 9.97 Å². The molecule has 0 atom stereocenters. The predicted octanol–water partition coefficient (Wildman–Crippen LogP) is 13.0. The summed E-state index contributed by atoms with van der Waals surface area (Å²) < 4.78 is 4.62. The van der Waals surface area contributed by atoms with Crippen molar-refractivity contribution >= 4 is 49.7 Å². The first-order chi connectivity index (χ1) is 27.0. The fourth-order valence-corrected chi connectivity index (χ4v) is 8.72. The van der Waals surface area contributed by atoms with Crippen LogP contribution >= 0.6 is 0 Å². The van der Waals surface area contributed by atoms with E-state index in [2.05, 4.69) is 205 Å². The van der Waals surface area contributed by atoms with Gasteiger partial charge in [0.2, 0.25) is 5.95 Å². The molecule has 0 saturated carbocycles. The Morgan fingerprint density at radius 3 is 1.64 bits per heavy atom. The van der Waals surface area contributed by atoms with Crippen LogP contribution in [-0.2, 0) is 5.41 Å². The quantitative estimate of drug-likeness (QED) is 0.179. The molecular weight excluding hydrogens is 669 g/mol. The van der Waals surface area contributed by atoms with E-state index in [9.17, 15) is 0 Å². The van der Waals surface area contributed by atoms with Gasteiger partial charge in [0.1, 0.15) is 0 Å². The van der Waals surface area contributed by atoms with Crippen molar-refractivity contribution in [2.75, 3.05) is 0 Å². The molecule has 0 saturated heterocycles. The maximum atomic E-state index is 5.48. The van der Waals surface area contributed by atoms with Crippen molar-refractivity contribution in [2.24, 2.45) is 0 Å². The molecule has 4 nitrogen and oxygen atoms in total. The Morgan fingerprint density at radius 1 is 0.436 bits per heavy atom. The van der Waals surface area contributed by atoms with E-state index in [1.807, 2.05) is 0 Å². The lowest BCUT2D eigenvalue weighted by Gasteiger charge is -2.20. The molecule has 55 heavy (non-hydrogen) atoms. The highest BCUT2D eigenvalue weighted by Crippen LogP contribution is 2.43. The first-order valence-electron chi connectivity index (χ1n) is 18.9. The van der Waals surface area contributed by atoms with Crippen LogP contribution in [0, 0.1) is 0 Å². The third-order valence-electron chi connectivity index (χ3n) is 11.4. The summed E-state index contributed by atoms with van der Waals surface area (Å²) in [6, 6.07) is 60.9. The molecule has 0 unspecified atom stereocenters. The molecule has 10 aromatic rings. The fraction of sp³-hybridized carbons (Fsp3) is 0.0588.